The van der Waals surface area contributed by atoms with Gasteiger partial charge in [0.1, 0.15) is 0 Å². The van der Waals surface area contributed by atoms with Crippen LogP contribution in [0.5, 0.6) is 0 Å². The Morgan fingerprint density at radius 2 is 1.75 bits per heavy atom. The van der Waals surface area contributed by atoms with Crippen LogP contribution >= 0.6 is 0 Å². The van der Waals surface area contributed by atoms with E-state index in [1.54, 1.807) is 28.6 Å². The topological polar surface area (TPSA) is 76.4 Å². The van der Waals surface area contributed by atoms with Crippen LogP contribution in [0.2, 0.25) is 0 Å². The van der Waals surface area contributed by atoms with Crippen molar-refractivity contribution in [2.45, 2.75) is 30.7 Å². The first-order valence-corrected chi connectivity index (χ1v) is 10.9. The van der Waals surface area contributed by atoms with E-state index in [-0.39, 0.29) is 0 Å². The molecule has 0 spiro atoms. The Hall–Kier alpha value is -2.56. The maximum atomic E-state index is 13.0. The number of hydrogen-bond acceptors (Lipinski definition) is 5. The summed E-state index contributed by atoms with van der Waals surface area (Å²) in [6.07, 6.45) is 2.92. The van der Waals surface area contributed by atoms with Crippen molar-refractivity contribution in [3.8, 4) is 6.07 Å². The van der Waals surface area contributed by atoms with Crippen molar-refractivity contribution in [1.29, 1.82) is 5.26 Å². The quantitative estimate of drug-likeness (QED) is 0.807. The molecule has 6 nitrogen and oxygen atoms in total. The van der Waals surface area contributed by atoms with E-state index in [4.69, 9.17) is 5.26 Å². The molecule has 0 atom stereocenters. The first kappa shape index (κ1) is 20.2. The Balaban J connectivity index is 1.85. The van der Waals surface area contributed by atoms with Crippen molar-refractivity contribution in [1.82, 2.24) is 4.31 Å². The van der Waals surface area contributed by atoms with Gasteiger partial charge in [-0.15, -0.1) is 0 Å². The number of anilines is 2. The summed E-state index contributed by atoms with van der Waals surface area (Å²) in [6, 6.07) is 14.7. The van der Waals surface area contributed by atoms with E-state index in [9.17, 15) is 8.42 Å². The molecule has 0 radical (unpaired) electrons. The molecule has 1 heterocycles. The van der Waals surface area contributed by atoms with Crippen LogP contribution < -0.4 is 10.2 Å². The van der Waals surface area contributed by atoms with E-state index < -0.39 is 10.0 Å². The molecule has 0 unspecified atom stereocenters. The zero-order valence-electron chi connectivity index (χ0n) is 16.4. The number of rotatable bonds is 6. The van der Waals surface area contributed by atoms with Crippen molar-refractivity contribution in [2.75, 3.05) is 37.4 Å². The highest BCUT2D eigenvalue weighted by Crippen LogP contribution is 2.30. The van der Waals surface area contributed by atoms with Crippen LogP contribution in [-0.2, 0) is 16.6 Å². The molecule has 2 aromatic rings. The van der Waals surface area contributed by atoms with Gasteiger partial charge in [-0.3, -0.25) is 0 Å². The van der Waals surface area contributed by atoms with Gasteiger partial charge in [0.25, 0.3) is 0 Å². The molecule has 7 heteroatoms. The van der Waals surface area contributed by atoms with E-state index in [0.717, 1.165) is 36.2 Å². The summed E-state index contributed by atoms with van der Waals surface area (Å²) in [5.41, 5.74) is 3.33. The van der Waals surface area contributed by atoms with E-state index in [2.05, 4.69) is 11.4 Å². The van der Waals surface area contributed by atoms with Gasteiger partial charge in [-0.25, -0.2) is 8.42 Å². The molecular formula is C21H26N4O2S. The summed E-state index contributed by atoms with van der Waals surface area (Å²) in [4.78, 5) is 2.28. The molecule has 0 amide bonds. The van der Waals surface area contributed by atoms with Crippen molar-refractivity contribution >= 4 is 21.4 Å². The van der Waals surface area contributed by atoms with Crippen LogP contribution in [0.15, 0.2) is 47.4 Å². The maximum absolute atomic E-state index is 13.0. The van der Waals surface area contributed by atoms with Crippen molar-refractivity contribution in [3.05, 3.63) is 53.6 Å². The van der Waals surface area contributed by atoms with Gasteiger partial charge in [0.05, 0.1) is 27.9 Å². The second-order valence-corrected chi connectivity index (χ2v) is 9.14. The smallest absolute Gasteiger partial charge is 0.243 e. The number of piperidine rings is 1. The predicted octanol–water partition coefficient (Wildman–Crippen LogP) is 3.41. The van der Waals surface area contributed by atoms with Gasteiger partial charge in [-0.1, -0.05) is 18.6 Å². The summed E-state index contributed by atoms with van der Waals surface area (Å²) in [5.74, 6) is 0. The lowest BCUT2D eigenvalue weighted by Crippen LogP contribution is -2.35. The number of hydrogen-bond donors (Lipinski definition) is 1. The lowest BCUT2D eigenvalue weighted by molar-refractivity contribution is 0.346. The molecule has 1 saturated heterocycles. The van der Waals surface area contributed by atoms with Crippen molar-refractivity contribution in [3.63, 3.8) is 0 Å². The molecular weight excluding hydrogens is 372 g/mol. The standard InChI is InChI=1S/C21H26N4O2S/c1-24(2)21-11-10-19(28(26,27)25-12-4-3-5-13-25)14-20(21)23-16-18-8-6-17(15-22)7-9-18/h6-11,14,23H,3-5,12-13,16H2,1-2H3. The Morgan fingerprint density at radius 1 is 1.07 bits per heavy atom. The molecule has 1 aliphatic rings. The monoisotopic (exact) mass is 398 g/mol. The second-order valence-electron chi connectivity index (χ2n) is 7.20. The predicted molar refractivity (Wildman–Crippen MR) is 112 cm³/mol. The van der Waals surface area contributed by atoms with Crippen molar-refractivity contribution in [2.24, 2.45) is 0 Å². The number of nitrogens with zero attached hydrogens (tertiary/aromatic N) is 3. The SMILES string of the molecule is CN(C)c1ccc(S(=O)(=O)N2CCCCC2)cc1NCc1ccc(C#N)cc1. The molecule has 0 saturated carbocycles. The Bertz CT molecular complexity index is 957. The fraction of sp³-hybridized carbons (Fsp3) is 0.381. The molecule has 3 rings (SSSR count). The Kier molecular flexibility index (Phi) is 6.22. The molecule has 28 heavy (non-hydrogen) atoms. The van der Waals surface area contributed by atoms with E-state index >= 15 is 0 Å². The highest BCUT2D eigenvalue weighted by atomic mass is 32.2. The fourth-order valence-corrected chi connectivity index (χ4v) is 4.90. The van der Waals surface area contributed by atoms with Gasteiger partial charge in [0.2, 0.25) is 10.0 Å². The van der Waals surface area contributed by atoms with E-state index in [1.165, 1.54) is 0 Å². The van der Waals surface area contributed by atoms with Crippen LogP contribution in [-0.4, -0.2) is 39.9 Å². The van der Waals surface area contributed by atoms with E-state index in [0.29, 0.717) is 30.1 Å². The Morgan fingerprint density at radius 3 is 2.36 bits per heavy atom. The fourth-order valence-electron chi connectivity index (χ4n) is 3.36. The zero-order valence-corrected chi connectivity index (χ0v) is 17.2. The molecule has 1 fully saturated rings. The highest BCUT2D eigenvalue weighted by Gasteiger charge is 2.26. The van der Waals surface area contributed by atoms with Gasteiger partial charge in [-0.2, -0.15) is 9.57 Å². The molecule has 0 aliphatic carbocycles. The first-order chi connectivity index (χ1) is 13.4. The van der Waals surface area contributed by atoms with Crippen LogP contribution in [0.1, 0.15) is 30.4 Å². The van der Waals surface area contributed by atoms with E-state index in [1.807, 2.05) is 37.2 Å². The number of benzene rings is 2. The molecule has 0 bridgehead atoms. The lowest BCUT2D eigenvalue weighted by Gasteiger charge is -2.27. The second kappa shape index (κ2) is 8.63. The molecule has 1 aliphatic heterocycles. The number of nitrogens with one attached hydrogen (secondary N) is 1. The van der Waals surface area contributed by atoms with Gasteiger partial charge < -0.3 is 10.2 Å². The van der Waals surface area contributed by atoms with Crippen LogP contribution in [0.25, 0.3) is 0 Å². The third-order valence-corrected chi connectivity index (χ3v) is 6.86. The highest BCUT2D eigenvalue weighted by molar-refractivity contribution is 7.89. The lowest BCUT2D eigenvalue weighted by atomic mass is 10.1. The maximum Gasteiger partial charge on any atom is 0.243 e. The summed E-state index contributed by atoms with van der Waals surface area (Å²) < 4.78 is 27.6. The van der Waals surface area contributed by atoms with Crippen molar-refractivity contribution < 1.29 is 8.42 Å². The molecule has 148 valence electrons. The van der Waals surface area contributed by atoms with Gasteiger partial charge in [0, 0.05) is 33.7 Å². The first-order valence-electron chi connectivity index (χ1n) is 9.46. The number of nitriles is 1. The normalized spacial score (nSPS) is 15.0. The van der Waals surface area contributed by atoms with Gasteiger partial charge in [0.15, 0.2) is 0 Å². The summed E-state index contributed by atoms with van der Waals surface area (Å²) in [7, 11) is 0.383. The zero-order chi connectivity index (χ0) is 20.1. The van der Waals surface area contributed by atoms with Crippen LogP contribution in [0.3, 0.4) is 0 Å². The third-order valence-electron chi connectivity index (χ3n) is 4.97. The minimum Gasteiger partial charge on any atom is -0.379 e. The van der Waals surface area contributed by atoms with Gasteiger partial charge >= 0.3 is 0 Å². The molecule has 1 N–H and O–H groups in total. The molecule has 0 aromatic heterocycles. The summed E-state index contributed by atoms with van der Waals surface area (Å²) in [5, 5.41) is 12.3. The molecule has 2 aromatic carbocycles. The number of sulfonamides is 1. The summed E-state index contributed by atoms with van der Waals surface area (Å²) in [6.45, 7) is 1.72. The minimum atomic E-state index is -3.48. The van der Waals surface area contributed by atoms with Crippen LogP contribution in [0, 0.1) is 11.3 Å². The third kappa shape index (κ3) is 4.46. The van der Waals surface area contributed by atoms with Crippen LogP contribution in [0.4, 0.5) is 11.4 Å². The average Bonchev–Trinajstić information content (AvgIpc) is 2.73. The Labute approximate surface area is 167 Å². The largest absolute Gasteiger partial charge is 0.379 e. The average molecular weight is 399 g/mol. The minimum absolute atomic E-state index is 0.322. The van der Waals surface area contributed by atoms with Gasteiger partial charge in [-0.05, 0) is 48.7 Å². The summed E-state index contributed by atoms with van der Waals surface area (Å²) >= 11 is 0.